The summed E-state index contributed by atoms with van der Waals surface area (Å²) >= 11 is 0. The lowest BCUT2D eigenvalue weighted by Crippen LogP contribution is -2.34. The molecule has 0 bridgehead atoms. The Balaban J connectivity index is 1.89. The van der Waals surface area contributed by atoms with Crippen LogP contribution in [0.25, 0.3) is 0 Å². The summed E-state index contributed by atoms with van der Waals surface area (Å²) in [6, 6.07) is 8.32. The van der Waals surface area contributed by atoms with Crippen LogP contribution in [0, 0.1) is 0 Å². The Bertz CT molecular complexity index is 1130. The molecule has 8 nitrogen and oxygen atoms in total. The highest BCUT2D eigenvalue weighted by Gasteiger charge is 2.30. The second-order valence-electron chi connectivity index (χ2n) is 5.94. The van der Waals surface area contributed by atoms with Crippen LogP contribution in [0.3, 0.4) is 0 Å². The molecule has 3 amide bonds. The van der Waals surface area contributed by atoms with E-state index in [9.17, 15) is 36.0 Å². The third-order valence-electron chi connectivity index (χ3n) is 3.88. The van der Waals surface area contributed by atoms with E-state index in [-0.39, 0.29) is 27.3 Å². The van der Waals surface area contributed by atoms with Crippen LogP contribution in [-0.2, 0) is 10.0 Å². The first-order valence-corrected chi connectivity index (χ1v) is 9.43. The summed E-state index contributed by atoms with van der Waals surface area (Å²) in [5.41, 5.74) is -0.697. The number of alkyl halides is 3. The third-order valence-corrected chi connectivity index (χ3v) is 5.25. The van der Waals surface area contributed by atoms with Gasteiger partial charge in [0.25, 0.3) is 27.7 Å². The Morgan fingerprint density at radius 1 is 1.00 bits per heavy atom. The van der Waals surface area contributed by atoms with Crippen molar-refractivity contribution >= 4 is 33.4 Å². The summed E-state index contributed by atoms with van der Waals surface area (Å²) in [5.74, 6) is -2.54. The summed E-state index contributed by atoms with van der Waals surface area (Å²) in [4.78, 5) is 34.9. The predicted octanol–water partition coefficient (Wildman–Crippen LogP) is 1.66. The van der Waals surface area contributed by atoms with Gasteiger partial charge in [0, 0.05) is 0 Å². The highest BCUT2D eigenvalue weighted by atomic mass is 32.2. The molecular formula is C17H12F3N3O5S. The molecule has 1 aliphatic rings. The zero-order chi connectivity index (χ0) is 21.4. The molecule has 2 aromatic carbocycles. The molecule has 0 atom stereocenters. The van der Waals surface area contributed by atoms with E-state index in [2.05, 4.69) is 4.72 Å². The van der Waals surface area contributed by atoms with Crippen molar-refractivity contribution in [3.8, 4) is 0 Å². The first-order valence-electron chi connectivity index (χ1n) is 7.94. The van der Waals surface area contributed by atoms with Crippen LogP contribution in [0.1, 0.15) is 31.1 Å². The average molecular weight is 427 g/mol. The van der Waals surface area contributed by atoms with Crippen LogP contribution >= 0.6 is 0 Å². The van der Waals surface area contributed by atoms with E-state index in [1.165, 1.54) is 18.2 Å². The second kappa shape index (κ2) is 7.20. The number of anilines is 1. The van der Waals surface area contributed by atoms with Crippen LogP contribution in [0.4, 0.5) is 18.9 Å². The first-order chi connectivity index (χ1) is 13.5. The summed E-state index contributed by atoms with van der Waals surface area (Å²) < 4.78 is 64.3. The molecule has 1 heterocycles. The van der Waals surface area contributed by atoms with Gasteiger partial charge in [-0.15, -0.1) is 0 Å². The maximum atomic E-state index is 12.6. The van der Waals surface area contributed by atoms with Crippen LogP contribution in [0.2, 0.25) is 0 Å². The molecule has 0 unspecified atom stereocenters. The molecule has 2 aromatic rings. The van der Waals surface area contributed by atoms with Gasteiger partial charge in [-0.25, -0.2) is 8.42 Å². The van der Waals surface area contributed by atoms with Crippen LogP contribution in [-0.4, -0.2) is 38.9 Å². The summed E-state index contributed by atoms with van der Waals surface area (Å²) in [6.45, 7) is -1.58. The molecule has 1 aliphatic heterocycles. The number of carbonyl (C=O) groups excluding carboxylic acids is 3. The van der Waals surface area contributed by atoms with E-state index >= 15 is 0 Å². The van der Waals surface area contributed by atoms with Gasteiger partial charge in [0.15, 0.2) is 0 Å². The van der Waals surface area contributed by atoms with Crippen molar-refractivity contribution in [2.24, 2.45) is 0 Å². The topological polar surface area (TPSA) is 121 Å². The van der Waals surface area contributed by atoms with E-state index in [1.807, 2.05) is 5.32 Å². The lowest BCUT2D eigenvalue weighted by molar-refractivity contribution is -0.123. The molecular weight excluding hydrogens is 415 g/mol. The van der Waals surface area contributed by atoms with Crippen molar-refractivity contribution in [1.29, 1.82) is 0 Å². The van der Waals surface area contributed by atoms with Gasteiger partial charge in [0.2, 0.25) is 0 Å². The lowest BCUT2D eigenvalue weighted by atomic mass is 10.1. The third kappa shape index (κ3) is 4.37. The van der Waals surface area contributed by atoms with Gasteiger partial charge in [-0.1, -0.05) is 12.1 Å². The van der Waals surface area contributed by atoms with Gasteiger partial charge in [-0.3, -0.25) is 24.4 Å². The van der Waals surface area contributed by atoms with E-state index in [0.29, 0.717) is 0 Å². The standard InChI is InChI=1S/C17H12F3N3O5S/c18-17(19,20)8-21-14(24)11-3-1-2-4-13(11)23-29(27,28)9-5-6-10-12(7-9)16(26)22-15(10)25/h1-7,23H,8H2,(H,21,24)(H,22,25,26). The number of sulfonamides is 1. The number of halogens is 3. The molecule has 3 rings (SSSR count). The first kappa shape index (κ1) is 20.3. The number of fused-ring (bicyclic) bond motifs is 1. The fourth-order valence-corrected chi connectivity index (χ4v) is 3.67. The quantitative estimate of drug-likeness (QED) is 0.627. The number of carbonyl (C=O) groups is 3. The number of nitrogens with one attached hydrogen (secondary N) is 3. The molecule has 0 saturated heterocycles. The molecule has 12 heteroatoms. The average Bonchev–Trinajstić information content (AvgIpc) is 2.93. The number of hydrogen-bond donors (Lipinski definition) is 3. The van der Waals surface area contributed by atoms with Gasteiger partial charge >= 0.3 is 6.18 Å². The predicted molar refractivity (Wildman–Crippen MR) is 93.9 cm³/mol. The van der Waals surface area contributed by atoms with E-state index < -0.39 is 40.5 Å². The molecule has 29 heavy (non-hydrogen) atoms. The summed E-state index contributed by atoms with van der Waals surface area (Å²) in [7, 11) is -4.32. The number of rotatable bonds is 5. The minimum Gasteiger partial charge on any atom is -0.343 e. The van der Waals surface area contributed by atoms with Crippen molar-refractivity contribution in [2.45, 2.75) is 11.1 Å². The van der Waals surface area contributed by atoms with Gasteiger partial charge in [-0.05, 0) is 30.3 Å². The molecule has 0 radical (unpaired) electrons. The van der Waals surface area contributed by atoms with E-state index in [1.54, 1.807) is 5.32 Å². The van der Waals surface area contributed by atoms with E-state index in [0.717, 1.165) is 24.3 Å². The maximum Gasteiger partial charge on any atom is 0.405 e. The number of benzene rings is 2. The highest BCUT2D eigenvalue weighted by molar-refractivity contribution is 7.92. The molecule has 152 valence electrons. The minimum absolute atomic E-state index is 0.0147. The molecule has 0 aliphatic carbocycles. The normalized spacial score (nSPS) is 13.6. The highest BCUT2D eigenvalue weighted by Crippen LogP contribution is 2.24. The van der Waals surface area contributed by atoms with Crippen LogP contribution in [0.15, 0.2) is 47.4 Å². The zero-order valence-electron chi connectivity index (χ0n) is 14.3. The monoisotopic (exact) mass is 427 g/mol. The Kier molecular flexibility index (Phi) is 5.05. The lowest BCUT2D eigenvalue weighted by Gasteiger charge is -2.14. The maximum absolute atomic E-state index is 12.6. The van der Waals surface area contributed by atoms with Gasteiger partial charge < -0.3 is 5.32 Å². The van der Waals surface area contributed by atoms with Crippen molar-refractivity contribution in [3.05, 3.63) is 59.2 Å². The number of imide groups is 1. The van der Waals surface area contributed by atoms with Gasteiger partial charge in [0.05, 0.1) is 27.3 Å². The summed E-state index contributed by atoms with van der Waals surface area (Å²) in [6.07, 6.45) is -4.63. The number of hydrogen-bond acceptors (Lipinski definition) is 5. The van der Waals surface area contributed by atoms with Crippen molar-refractivity contribution < 1.29 is 36.0 Å². The van der Waals surface area contributed by atoms with Crippen LogP contribution < -0.4 is 15.4 Å². The minimum atomic E-state index is -4.63. The van der Waals surface area contributed by atoms with Crippen molar-refractivity contribution in [1.82, 2.24) is 10.6 Å². The number of para-hydroxylation sites is 1. The van der Waals surface area contributed by atoms with Gasteiger partial charge in [0.1, 0.15) is 6.54 Å². The second-order valence-corrected chi connectivity index (χ2v) is 7.62. The van der Waals surface area contributed by atoms with Gasteiger partial charge in [-0.2, -0.15) is 13.2 Å². The Hall–Kier alpha value is -3.41. The fraction of sp³-hybridized carbons (Fsp3) is 0.118. The van der Waals surface area contributed by atoms with Crippen molar-refractivity contribution in [2.75, 3.05) is 11.3 Å². The SMILES string of the molecule is O=C(NCC(F)(F)F)c1ccccc1NS(=O)(=O)c1ccc2c(c1)C(=O)NC2=O. The van der Waals surface area contributed by atoms with E-state index in [4.69, 9.17) is 0 Å². The molecule has 3 N–H and O–H groups in total. The fourth-order valence-electron chi connectivity index (χ4n) is 2.56. The van der Waals surface area contributed by atoms with Crippen LogP contribution in [0.5, 0.6) is 0 Å². The summed E-state index contributed by atoms with van der Waals surface area (Å²) in [5, 5.41) is 3.68. The Labute approximate surface area is 162 Å². The number of amides is 3. The van der Waals surface area contributed by atoms with Crippen molar-refractivity contribution in [3.63, 3.8) is 0 Å². The Morgan fingerprint density at radius 3 is 2.34 bits per heavy atom. The molecule has 0 fully saturated rings. The molecule has 0 spiro atoms. The Morgan fingerprint density at radius 2 is 1.66 bits per heavy atom. The molecule has 0 saturated carbocycles. The molecule has 0 aromatic heterocycles. The smallest absolute Gasteiger partial charge is 0.343 e. The zero-order valence-corrected chi connectivity index (χ0v) is 15.1. The largest absolute Gasteiger partial charge is 0.405 e.